The SMILES string of the molecule is CC[C@H](C(=O)NC1CCCC1)N(Cc1ccc(F)cc1)C(=O)CN(c1cc(OC)ccc1OC)S(C)(=O)=O. The van der Waals surface area contributed by atoms with Gasteiger partial charge in [-0.3, -0.25) is 13.9 Å². The Morgan fingerprint density at radius 2 is 1.74 bits per heavy atom. The standard InChI is InChI=1S/C27H36FN3O6S/c1-5-23(27(33)29-21-8-6-7-9-21)30(17-19-10-12-20(28)13-11-19)26(32)18-31(38(4,34)35)24-16-22(36-2)14-15-25(24)37-3/h10-16,21,23H,5-9,17-18H2,1-4H3,(H,29,33)/t23-/m1/s1. The quantitative estimate of drug-likeness (QED) is 0.435. The topological polar surface area (TPSA) is 105 Å². The first kappa shape index (κ1) is 29.2. The molecule has 2 aromatic rings. The highest BCUT2D eigenvalue weighted by Crippen LogP contribution is 2.34. The molecule has 0 radical (unpaired) electrons. The van der Waals surface area contributed by atoms with Crippen molar-refractivity contribution in [3.8, 4) is 11.5 Å². The van der Waals surface area contributed by atoms with E-state index in [-0.39, 0.29) is 29.9 Å². The lowest BCUT2D eigenvalue weighted by molar-refractivity contribution is -0.140. The maximum absolute atomic E-state index is 13.8. The lowest BCUT2D eigenvalue weighted by Gasteiger charge is -2.33. The normalized spacial score (nSPS) is 14.6. The Bertz CT molecular complexity index is 1220. The summed E-state index contributed by atoms with van der Waals surface area (Å²) in [6, 6.07) is 9.48. The number of methoxy groups -OCH3 is 2. The van der Waals surface area contributed by atoms with Crippen LogP contribution in [0.25, 0.3) is 0 Å². The van der Waals surface area contributed by atoms with Gasteiger partial charge in [-0.05, 0) is 49.1 Å². The molecule has 9 nitrogen and oxygen atoms in total. The molecule has 1 fully saturated rings. The van der Waals surface area contributed by atoms with Crippen molar-refractivity contribution in [1.29, 1.82) is 0 Å². The summed E-state index contributed by atoms with van der Waals surface area (Å²) >= 11 is 0. The molecule has 1 aliphatic carbocycles. The number of nitrogens with one attached hydrogen (secondary N) is 1. The summed E-state index contributed by atoms with van der Waals surface area (Å²) in [6.45, 7) is 1.22. The highest BCUT2D eigenvalue weighted by Gasteiger charge is 2.33. The van der Waals surface area contributed by atoms with E-state index < -0.39 is 34.3 Å². The van der Waals surface area contributed by atoms with Crippen molar-refractivity contribution in [2.75, 3.05) is 31.3 Å². The van der Waals surface area contributed by atoms with Crippen LogP contribution in [-0.2, 0) is 26.2 Å². The molecule has 2 aromatic carbocycles. The van der Waals surface area contributed by atoms with Crippen LogP contribution in [0.3, 0.4) is 0 Å². The van der Waals surface area contributed by atoms with Gasteiger partial charge in [0.25, 0.3) is 0 Å². The highest BCUT2D eigenvalue weighted by molar-refractivity contribution is 7.92. The second-order valence-corrected chi connectivity index (χ2v) is 11.3. The molecule has 208 valence electrons. The van der Waals surface area contributed by atoms with Gasteiger partial charge in [0.1, 0.15) is 29.9 Å². The third-order valence-electron chi connectivity index (χ3n) is 6.69. The van der Waals surface area contributed by atoms with E-state index in [1.54, 1.807) is 19.1 Å². The molecular formula is C27H36FN3O6S. The molecule has 1 atom stereocenters. The Labute approximate surface area is 224 Å². The first-order valence-corrected chi connectivity index (χ1v) is 14.5. The van der Waals surface area contributed by atoms with Crippen molar-refractivity contribution >= 4 is 27.5 Å². The third-order valence-corrected chi connectivity index (χ3v) is 7.81. The van der Waals surface area contributed by atoms with Crippen LogP contribution in [-0.4, -0.2) is 64.2 Å². The van der Waals surface area contributed by atoms with Crippen LogP contribution in [0.4, 0.5) is 10.1 Å². The first-order chi connectivity index (χ1) is 18.1. The molecule has 3 rings (SSSR count). The zero-order valence-electron chi connectivity index (χ0n) is 22.3. The molecule has 0 spiro atoms. The van der Waals surface area contributed by atoms with Crippen LogP contribution in [0.1, 0.15) is 44.6 Å². The van der Waals surface area contributed by atoms with Gasteiger partial charge in [0, 0.05) is 18.7 Å². The summed E-state index contributed by atoms with van der Waals surface area (Å²) in [6.07, 6.45) is 5.13. The Balaban J connectivity index is 1.97. The number of hydrogen-bond acceptors (Lipinski definition) is 6. The van der Waals surface area contributed by atoms with Gasteiger partial charge in [-0.25, -0.2) is 12.8 Å². The maximum Gasteiger partial charge on any atom is 0.244 e. The molecule has 38 heavy (non-hydrogen) atoms. The van der Waals surface area contributed by atoms with Crippen LogP contribution in [0, 0.1) is 5.82 Å². The number of rotatable bonds is 12. The molecule has 0 unspecified atom stereocenters. The highest BCUT2D eigenvalue weighted by atomic mass is 32.2. The lowest BCUT2D eigenvalue weighted by Crippen LogP contribution is -2.53. The van der Waals surface area contributed by atoms with Crippen molar-refractivity contribution in [3.63, 3.8) is 0 Å². The Morgan fingerprint density at radius 3 is 2.29 bits per heavy atom. The molecule has 1 saturated carbocycles. The van der Waals surface area contributed by atoms with Crippen molar-refractivity contribution in [2.45, 2.75) is 57.7 Å². The van der Waals surface area contributed by atoms with Crippen LogP contribution >= 0.6 is 0 Å². The van der Waals surface area contributed by atoms with E-state index in [4.69, 9.17) is 9.47 Å². The van der Waals surface area contributed by atoms with Crippen LogP contribution in [0.2, 0.25) is 0 Å². The molecule has 1 N–H and O–H groups in total. The largest absolute Gasteiger partial charge is 0.497 e. The van der Waals surface area contributed by atoms with E-state index in [0.29, 0.717) is 17.7 Å². The maximum atomic E-state index is 13.8. The van der Waals surface area contributed by atoms with Gasteiger partial charge in [-0.15, -0.1) is 0 Å². The minimum atomic E-state index is -3.95. The fourth-order valence-corrected chi connectivity index (χ4v) is 5.50. The first-order valence-electron chi connectivity index (χ1n) is 12.6. The van der Waals surface area contributed by atoms with Gasteiger partial charge in [0.15, 0.2) is 0 Å². The van der Waals surface area contributed by atoms with E-state index in [1.165, 1.54) is 49.5 Å². The molecule has 11 heteroatoms. The number of hydrogen-bond donors (Lipinski definition) is 1. The number of benzene rings is 2. The number of ether oxygens (including phenoxy) is 2. The Kier molecular flexibility index (Phi) is 9.96. The second-order valence-electron chi connectivity index (χ2n) is 9.37. The predicted octanol–water partition coefficient (Wildman–Crippen LogP) is 3.48. The molecule has 0 bridgehead atoms. The fourth-order valence-electron chi connectivity index (χ4n) is 4.66. The number of carbonyl (C=O) groups excluding carboxylic acids is 2. The van der Waals surface area contributed by atoms with Gasteiger partial charge >= 0.3 is 0 Å². The number of halogens is 1. The van der Waals surface area contributed by atoms with E-state index in [9.17, 15) is 22.4 Å². The van der Waals surface area contributed by atoms with Crippen molar-refractivity contribution < 1.29 is 31.9 Å². The van der Waals surface area contributed by atoms with Crippen LogP contribution in [0.5, 0.6) is 11.5 Å². The van der Waals surface area contributed by atoms with Gasteiger partial charge in [-0.2, -0.15) is 0 Å². The summed E-state index contributed by atoms with van der Waals surface area (Å²) in [5, 5.41) is 3.05. The third kappa shape index (κ3) is 7.37. The van der Waals surface area contributed by atoms with Gasteiger partial charge < -0.3 is 19.7 Å². The van der Waals surface area contributed by atoms with E-state index in [1.807, 2.05) is 0 Å². The molecule has 0 aromatic heterocycles. The van der Waals surface area contributed by atoms with Crippen LogP contribution < -0.4 is 19.1 Å². The van der Waals surface area contributed by atoms with E-state index in [2.05, 4.69) is 5.32 Å². The summed E-state index contributed by atoms with van der Waals surface area (Å²) in [5.74, 6) is -0.684. The summed E-state index contributed by atoms with van der Waals surface area (Å²) in [5.41, 5.74) is 0.740. The minimum Gasteiger partial charge on any atom is -0.497 e. The summed E-state index contributed by atoms with van der Waals surface area (Å²) < 4.78 is 50.9. The smallest absolute Gasteiger partial charge is 0.244 e. The van der Waals surface area contributed by atoms with E-state index in [0.717, 1.165) is 36.2 Å². The lowest BCUT2D eigenvalue weighted by atomic mass is 10.1. The Hall–Kier alpha value is -3.34. The van der Waals surface area contributed by atoms with Gasteiger partial charge in [0.05, 0.1) is 26.2 Å². The molecule has 2 amide bonds. The molecule has 0 heterocycles. The average molecular weight is 550 g/mol. The van der Waals surface area contributed by atoms with Crippen LogP contribution in [0.15, 0.2) is 42.5 Å². The number of amides is 2. The molecular weight excluding hydrogens is 513 g/mol. The fraction of sp³-hybridized carbons (Fsp3) is 0.481. The van der Waals surface area contributed by atoms with Crippen molar-refractivity contribution in [2.24, 2.45) is 0 Å². The van der Waals surface area contributed by atoms with Gasteiger partial charge in [-0.1, -0.05) is 31.9 Å². The number of anilines is 1. The number of nitrogens with zero attached hydrogens (tertiary/aromatic N) is 2. The minimum absolute atomic E-state index is 0.00253. The Morgan fingerprint density at radius 1 is 1.08 bits per heavy atom. The summed E-state index contributed by atoms with van der Waals surface area (Å²) in [4.78, 5) is 28.5. The molecule has 1 aliphatic rings. The summed E-state index contributed by atoms with van der Waals surface area (Å²) in [7, 11) is -1.11. The van der Waals surface area contributed by atoms with E-state index >= 15 is 0 Å². The molecule has 0 aliphatic heterocycles. The second kappa shape index (κ2) is 12.9. The van der Waals surface area contributed by atoms with Crippen molar-refractivity contribution in [3.05, 3.63) is 53.8 Å². The zero-order valence-corrected chi connectivity index (χ0v) is 23.1. The monoisotopic (exact) mass is 549 g/mol. The van der Waals surface area contributed by atoms with Gasteiger partial charge in [0.2, 0.25) is 21.8 Å². The predicted molar refractivity (Wildman–Crippen MR) is 143 cm³/mol. The average Bonchev–Trinajstić information content (AvgIpc) is 3.40. The zero-order chi connectivity index (χ0) is 27.9. The molecule has 0 saturated heterocycles. The number of carbonyl (C=O) groups is 2. The number of sulfonamides is 1. The van der Waals surface area contributed by atoms with Crippen molar-refractivity contribution in [1.82, 2.24) is 10.2 Å².